The number of primary amides is 1. The number of nitrogens with zero attached hydrogens (tertiary/aromatic N) is 3. The highest BCUT2D eigenvalue weighted by Gasteiger charge is 2.40. The summed E-state index contributed by atoms with van der Waals surface area (Å²) in [6.45, 7) is 12.5. The Hall–Kier alpha value is -3.20. The molecule has 3 aromatic rings. The average molecular weight is 525 g/mol. The summed E-state index contributed by atoms with van der Waals surface area (Å²) in [5.41, 5.74) is 8.88. The van der Waals surface area contributed by atoms with Crippen LogP contribution >= 0.6 is 11.3 Å². The highest BCUT2D eigenvalue weighted by molar-refractivity contribution is 7.13. The number of methoxy groups -OCH3 is 1. The molecular formula is C28H36N4O4S. The lowest BCUT2D eigenvalue weighted by molar-refractivity contribution is -0.138. The molecule has 2 amide bonds. The maximum Gasteiger partial charge on any atom is 0.240 e. The van der Waals surface area contributed by atoms with Gasteiger partial charge in [-0.3, -0.25) is 9.59 Å². The number of aryl methyl sites for hydroxylation is 1. The fraction of sp³-hybridized carbons (Fsp3) is 0.500. The van der Waals surface area contributed by atoms with Gasteiger partial charge in [0.15, 0.2) is 0 Å². The van der Waals surface area contributed by atoms with Gasteiger partial charge in [0, 0.05) is 35.2 Å². The number of carbonyl (C=O) groups excluding carboxylic acids is 2. The Morgan fingerprint density at radius 1 is 1.22 bits per heavy atom. The zero-order chi connectivity index (χ0) is 27.1. The molecule has 0 aliphatic carbocycles. The van der Waals surface area contributed by atoms with Gasteiger partial charge in [0.05, 0.1) is 24.9 Å². The first kappa shape index (κ1) is 26.9. The van der Waals surface area contributed by atoms with Crippen LogP contribution < -0.4 is 15.2 Å². The predicted octanol–water partition coefficient (Wildman–Crippen LogP) is 5.07. The summed E-state index contributed by atoms with van der Waals surface area (Å²) in [5.74, 6) is 1.07. The second kappa shape index (κ2) is 10.3. The maximum absolute atomic E-state index is 13.0. The van der Waals surface area contributed by atoms with Crippen LogP contribution in [0, 0.1) is 12.3 Å². The first-order chi connectivity index (χ1) is 17.4. The van der Waals surface area contributed by atoms with Gasteiger partial charge in [-0.25, -0.2) is 9.97 Å². The van der Waals surface area contributed by atoms with Gasteiger partial charge in [0.25, 0.3) is 0 Å². The van der Waals surface area contributed by atoms with Gasteiger partial charge < -0.3 is 20.1 Å². The highest BCUT2D eigenvalue weighted by atomic mass is 32.1. The molecule has 1 fully saturated rings. The summed E-state index contributed by atoms with van der Waals surface area (Å²) in [6.07, 6.45) is 0.284. The number of amides is 2. The second-order valence-electron chi connectivity index (χ2n) is 11.2. The number of likely N-dealkylation sites (tertiary alicyclic amines) is 1. The van der Waals surface area contributed by atoms with Gasteiger partial charge in [0.2, 0.25) is 11.8 Å². The molecule has 1 saturated heterocycles. The summed E-state index contributed by atoms with van der Waals surface area (Å²) < 4.78 is 12.1. The highest BCUT2D eigenvalue weighted by Crippen LogP contribution is 2.38. The summed E-state index contributed by atoms with van der Waals surface area (Å²) >= 11 is 1.55. The van der Waals surface area contributed by atoms with Gasteiger partial charge in [0.1, 0.15) is 34.3 Å². The molecule has 198 valence electrons. The number of fused-ring (bicyclic) bond motifs is 1. The normalized spacial score (nSPS) is 18.0. The van der Waals surface area contributed by atoms with Crippen LogP contribution in [0.4, 0.5) is 0 Å². The standard InChI is InChI=1S/C28H36N4O4S/c1-15(2)20-14-37-27(31-20)19-11-23(18-8-9-22(35-7)16(3)25(18)30-19)36-17-10-21(26(29)34)32(13-17)24(33)12-28(4,5)6/h8-9,11,14-15,17,21H,10,12-13H2,1-7H3,(H2,29,34). The van der Waals surface area contributed by atoms with E-state index < -0.39 is 11.9 Å². The van der Waals surface area contributed by atoms with Gasteiger partial charge in [-0.2, -0.15) is 0 Å². The van der Waals surface area contributed by atoms with E-state index in [2.05, 4.69) is 19.2 Å². The third kappa shape index (κ3) is 5.71. The average Bonchev–Trinajstić information content (AvgIpc) is 3.46. The first-order valence-electron chi connectivity index (χ1n) is 12.6. The zero-order valence-electron chi connectivity index (χ0n) is 22.6. The smallest absolute Gasteiger partial charge is 0.240 e. The molecule has 1 aliphatic rings. The number of pyridine rings is 1. The van der Waals surface area contributed by atoms with Crippen LogP contribution in [0.3, 0.4) is 0 Å². The number of benzene rings is 1. The van der Waals surface area contributed by atoms with E-state index >= 15 is 0 Å². The monoisotopic (exact) mass is 524 g/mol. The Morgan fingerprint density at radius 3 is 2.54 bits per heavy atom. The Bertz CT molecular complexity index is 1330. The van der Waals surface area contributed by atoms with Crippen LogP contribution in [0.5, 0.6) is 11.5 Å². The SMILES string of the molecule is COc1ccc2c(OC3CC(C(N)=O)N(C(=O)CC(C)(C)C)C3)cc(-c3nc(C(C)C)cs3)nc2c1C. The zero-order valence-corrected chi connectivity index (χ0v) is 23.4. The minimum Gasteiger partial charge on any atom is -0.496 e. The van der Waals surface area contributed by atoms with Crippen molar-refractivity contribution in [3.8, 4) is 22.2 Å². The van der Waals surface area contributed by atoms with E-state index in [9.17, 15) is 9.59 Å². The van der Waals surface area contributed by atoms with Crippen LogP contribution in [-0.4, -0.2) is 52.5 Å². The van der Waals surface area contributed by atoms with Crippen molar-refractivity contribution in [2.24, 2.45) is 11.1 Å². The van der Waals surface area contributed by atoms with Crippen LogP contribution in [0.2, 0.25) is 0 Å². The second-order valence-corrected chi connectivity index (χ2v) is 12.1. The number of carbonyl (C=O) groups is 2. The maximum atomic E-state index is 13.0. The molecule has 9 heteroatoms. The van der Waals surface area contributed by atoms with Crippen LogP contribution in [0.15, 0.2) is 23.6 Å². The van der Waals surface area contributed by atoms with E-state index in [0.29, 0.717) is 36.7 Å². The van der Waals surface area contributed by atoms with E-state index in [4.69, 9.17) is 25.2 Å². The quantitative estimate of drug-likeness (QED) is 0.462. The lowest BCUT2D eigenvalue weighted by atomic mass is 9.91. The van der Waals surface area contributed by atoms with Crippen molar-refractivity contribution in [3.63, 3.8) is 0 Å². The number of rotatable bonds is 7. The molecule has 3 heterocycles. The molecule has 37 heavy (non-hydrogen) atoms. The summed E-state index contributed by atoms with van der Waals surface area (Å²) in [7, 11) is 1.64. The minimum absolute atomic E-state index is 0.0905. The van der Waals surface area contributed by atoms with E-state index in [1.165, 1.54) is 0 Å². The molecule has 1 aliphatic heterocycles. The molecule has 2 unspecified atom stereocenters. The fourth-order valence-electron chi connectivity index (χ4n) is 4.64. The minimum atomic E-state index is -0.693. The van der Waals surface area contributed by atoms with Crippen molar-refractivity contribution in [2.75, 3.05) is 13.7 Å². The lowest BCUT2D eigenvalue weighted by Crippen LogP contribution is -2.44. The molecule has 0 bridgehead atoms. The van der Waals surface area contributed by atoms with Gasteiger partial charge in [-0.1, -0.05) is 34.6 Å². The van der Waals surface area contributed by atoms with E-state index in [0.717, 1.165) is 32.9 Å². The largest absolute Gasteiger partial charge is 0.496 e. The first-order valence-corrected chi connectivity index (χ1v) is 13.5. The topological polar surface area (TPSA) is 108 Å². The summed E-state index contributed by atoms with van der Waals surface area (Å²) in [6, 6.07) is 5.03. The van der Waals surface area contributed by atoms with E-state index in [-0.39, 0.29) is 17.4 Å². The lowest BCUT2D eigenvalue weighted by Gasteiger charge is -2.26. The molecule has 2 atom stereocenters. The predicted molar refractivity (Wildman–Crippen MR) is 146 cm³/mol. The Kier molecular flexibility index (Phi) is 7.46. The fourth-order valence-corrected chi connectivity index (χ4v) is 5.58. The van der Waals surface area contributed by atoms with Crippen molar-refractivity contribution in [2.45, 2.75) is 72.4 Å². The van der Waals surface area contributed by atoms with Gasteiger partial charge >= 0.3 is 0 Å². The summed E-state index contributed by atoms with van der Waals surface area (Å²) in [4.78, 5) is 36.6. The molecule has 1 aromatic carbocycles. The molecule has 8 nitrogen and oxygen atoms in total. The molecule has 4 rings (SSSR count). The van der Waals surface area contributed by atoms with Crippen molar-refractivity contribution in [1.82, 2.24) is 14.9 Å². The van der Waals surface area contributed by atoms with E-state index in [1.54, 1.807) is 23.3 Å². The van der Waals surface area contributed by atoms with Crippen molar-refractivity contribution in [3.05, 3.63) is 34.8 Å². The molecule has 2 aromatic heterocycles. The van der Waals surface area contributed by atoms with Gasteiger partial charge in [-0.15, -0.1) is 11.3 Å². The molecule has 0 saturated carbocycles. The van der Waals surface area contributed by atoms with Crippen molar-refractivity contribution in [1.29, 1.82) is 0 Å². The number of hydrogen-bond donors (Lipinski definition) is 1. The Balaban J connectivity index is 1.73. The Morgan fingerprint density at radius 2 is 1.95 bits per heavy atom. The molecule has 2 N–H and O–H groups in total. The van der Waals surface area contributed by atoms with Crippen LogP contribution in [0.25, 0.3) is 21.6 Å². The van der Waals surface area contributed by atoms with E-state index in [1.807, 2.05) is 45.9 Å². The number of hydrogen-bond acceptors (Lipinski definition) is 7. The molecular weight excluding hydrogens is 488 g/mol. The summed E-state index contributed by atoms with van der Waals surface area (Å²) in [5, 5.41) is 3.69. The number of thiazole rings is 1. The van der Waals surface area contributed by atoms with Crippen LogP contribution in [-0.2, 0) is 9.59 Å². The van der Waals surface area contributed by atoms with Gasteiger partial charge in [-0.05, 0) is 30.4 Å². The van der Waals surface area contributed by atoms with Crippen LogP contribution in [0.1, 0.15) is 64.6 Å². The number of nitrogens with two attached hydrogens (primary N) is 1. The molecule has 0 spiro atoms. The Labute approximate surface area is 222 Å². The third-order valence-corrected chi connectivity index (χ3v) is 7.47. The number of ether oxygens (including phenoxy) is 2. The van der Waals surface area contributed by atoms with Crippen molar-refractivity contribution >= 4 is 34.1 Å². The van der Waals surface area contributed by atoms with Crippen molar-refractivity contribution < 1.29 is 19.1 Å². The molecule has 0 radical (unpaired) electrons. The number of aromatic nitrogens is 2. The third-order valence-electron chi connectivity index (χ3n) is 6.59.